The van der Waals surface area contributed by atoms with Gasteiger partial charge in [0.05, 0.1) is 0 Å². The van der Waals surface area contributed by atoms with Gasteiger partial charge in [-0.25, -0.2) is 0 Å². The highest BCUT2D eigenvalue weighted by Gasteiger charge is 2.28. The molecule has 2 atom stereocenters. The molecule has 0 bridgehead atoms. The fraction of sp³-hybridized carbons (Fsp3) is 0.450. The van der Waals surface area contributed by atoms with Crippen molar-refractivity contribution in [3.8, 4) is 0 Å². The maximum absolute atomic E-state index is 12.6. The van der Waals surface area contributed by atoms with Crippen LogP contribution in [0.4, 0.5) is 5.00 Å². The van der Waals surface area contributed by atoms with E-state index in [0.29, 0.717) is 5.56 Å². The van der Waals surface area contributed by atoms with Crippen molar-refractivity contribution in [2.75, 3.05) is 18.4 Å². The number of anilines is 1. The molecule has 1 amide bonds. The van der Waals surface area contributed by atoms with Gasteiger partial charge >= 0.3 is 0 Å². The number of thiophene rings is 1. The van der Waals surface area contributed by atoms with Crippen molar-refractivity contribution in [1.82, 2.24) is 0 Å². The van der Waals surface area contributed by atoms with Crippen LogP contribution in [0, 0.1) is 13.8 Å². The van der Waals surface area contributed by atoms with Crippen LogP contribution in [0.3, 0.4) is 0 Å². The number of hydrogen-bond donors (Lipinski definition) is 2. The molecular formula is C20H27N2O2S+. The van der Waals surface area contributed by atoms with Crippen LogP contribution >= 0.6 is 11.3 Å². The number of carbonyl (C=O) groups excluding carboxylic acids is 1. The van der Waals surface area contributed by atoms with Gasteiger partial charge in [0.1, 0.15) is 36.8 Å². The number of nitrogens with one attached hydrogen (secondary N) is 2. The molecule has 1 aromatic heterocycles. The van der Waals surface area contributed by atoms with Crippen LogP contribution in [-0.2, 0) is 11.3 Å². The molecule has 1 fully saturated rings. The first-order chi connectivity index (χ1) is 11.9. The van der Waals surface area contributed by atoms with Crippen LogP contribution < -0.4 is 10.2 Å². The maximum Gasteiger partial charge on any atom is 0.256 e. The topological polar surface area (TPSA) is 42.8 Å². The number of ether oxygens (including phenoxy) is 1. The Balaban J connectivity index is 1.79. The highest BCUT2D eigenvalue weighted by molar-refractivity contribution is 7.16. The Kier molecular flexibility index (Phi) is 5.57. The summed E-state index contributed by atoms with van der Waals surface area (Å²) in [5.41, 5.74) is 3.26. The van der Waals surface area contributed by atoms with Gasteiger partial charge in [0.15, 0.2) is 0 Å². The Bertz CT molecular complexity index is 732. The molecule has 0 aliphatic carbocycles. The van der Waals surface area contributed by atoms with Crippen LogP contribution in [0.15, 0.2) is 30.3 Å². The minimum absolute atomic E-state index is 0.0400. The number of aryl methyl sites for hydroxylation is 1. The van der Waals surface area contributed by atoms with Gasteiger partial charge in [-0.2, -0.15) is 0 Å². The number of carbonyl (C=O) groups is 1. The lowest BCUT2D eigenvalue weighted by Gasteiger charge is -2.32. The predicted octanol–water partition coefficient (Wildman–Crippen LogP) is 2.81. The number of quaternary nitrogens is 1. The molecule has 1 aliphatic heterocycles. The highest BCUT2D eigenvalue weighted by atomic mass is 32.1. The molecule has 2 aromatic rings. The first-order valence-electron chi connectivity index (χ1n) is 8.88. The lowest BCUT2D eigenvalue weighted by molar-refractivity contribution is -0.928. The van der Waals surface area contributed by atoms with E-state index in [9.17, 15) is 4.79 Å². The molecule has 4 nitrogen and oxygen atoms in total. The molecule has 0 unspecified atom stereocenters. The smallest absolute Gasteiger partial charge is 0.256 e. The van der Waals surface area contributed by atoms with E-state index >= 15 is 0 Å². The van der Waals surface area contributed by atoms with Crippen LogP contribution in [-0.4, -0.2) is 31.2 Å². The third kappa shape index (κ3) is 4.29. The summed E-state index contributed by atoms with van der Waals surface area (Å²) in [4.78, 5) is 15.3. The molecule has 2 heterocycles. The molecule has 0 saturated carbocycles. The Morgan fingerprint density at radius 1 is 1.20 bits per heavy atom. The minimum atomic E-state index is -0.0400. The molecule has 3 rings (SSSR count). The van der Waals surface area contributed by atoms with Crippen molar-refractivity contribution < 1.29 is 14.4 Å². The minimum Gasteiger partial charge on any atom is -0.364 e. The lowest BCUT2D eigenvalue weighted by atomic mass is 10.1. The Hall–Kier alpha value is -1.69. The summed E-state index contributed by atoms with van der Waals surface area (Å²) >= 11 is 1.68. The van der Waals surface area contributed by atoms with Crippen LogP contribution in [0.5, 0.6) is 0 Å². The first-order valence-corrected chi connectivity index (χ1v) is 9.70. The zero-order valence-corrected chi connectivity index (χ0v) is 16.2. The third-order valence-electron chi connectivity index (χ3n) is 4.82. The number of rotatable bonds is 4. The monoisotopic (exact) mass is 359 g/mol. The Labute approximate surface area is 153 Å². The van der Waals surface area contributed by atoms with E-state index in [1.165, 1.54) is 20.9 Å². The number of morpholine rings is 1. The fourth-order valence-corrected chi connectivity index (χ4v) is 4.61. The summed E-state index contributed by atoms with van der Waals surface area (Å²) < 4.78 is 5.85. The van der Waals surface area contributed by atoms with Gasteiger partial charge < -0.3 is 15.0 Å². The molecule has 1 saturated heterocycles. The van der Waals surface area contributed by atoms with Gasteiger partial charge in [0.2, 0.25) is 0 Å². The number of hydrogen-bond acceptors (Lipinski definition) is 3. The van der Waals surface area contributed by atoms with Crippen molar-refractivity contribution in [1.29, 1.82) is 0 Å². The second-order valence-electron chi connectivity index (χ2n) is 7.00. The van der Waals surface area contributed by atoms with Gasteiger partial charge in [0, 0.05) is 16.0 Å². The molecule has 134 valence electrons. The van der Waals surface area contributed by atoms with Crippen molar-refractivity contribution in [3.05, 3.63) is 51.9 Å². The first kappa shape index (κ1) is 18.1. The fourth-order valence-electron chi connectivity index (χ4n) is 3.54. The summed E-state index contributed by atoms with van der Waals surface area (Å²) in [5.74, 6) is -0.0400. The molecule has 2 N–H and O–H groups in total. The highest BCUT2D eigenvalue weighted by Crippen LogP contribution is 2.32. The molecule has 1 aliphatic rings. The van der Waals surface area contributed by atoms with Crippen molar-refractivity contribution in [2.45, 2.75) is 46.4 Å². The van der Waals surface area contributed by atoms with Crippen molar-refractivity contribution in [2.24, 2.45) is 0 Å². The average molecular weight is 360 g/mol. The Morgan fingerprint density at radius 2 is 1.84 bits per heavy atom. The van der Waals surface area contributed by atoms with Crippen molar-refractivity contribution >= 4 is 22.2 Å². The van der Waals surface area contributed by atoms with E-state index in [-0.39, 0.29) is 18.1 Å². The van der Waals surface area contributed by atoms with Gasteiger partial charge in [-0.05, 0) is 45.4 Å². The predicted molar refractivity (Wildman–Crippen MR) is 103 cm³/mol. The molecule has 1 aromatic carbocycles. The molecule has 0 radical (unpaired) electrons. The summed E-state index contributed by atoms with van der Waals surface area (Å²) in [6.45, 7) is 11.5. The van der Waals surface area contributed by atoms with Crippen molar-refractivity contribution in [3.63, 3.8) is 0 Å². The van der Waals surface area contributed by atoms with Crippen LogP contribution in [0.2, 0.25) is 0 Å². The molecule has 25 heavy (non-hydrogen) atoms. The molecule has 0 spiro atoms. The third-order valence-corrected chi connectivity index (χ3v) is 5.98. The van der Waals surface area contributed by atoms with E-state index in [0.717, 1.165) is 24.6 Å². The summed E-state index contributed by atoms with van der Waals surface area (Å²) in [6, 6.07) is 9.40. The SMILES string of the molecule is Cc1sc(NC(=O)c2ccccc2)c(C[NH+]2C[C@@H](C)O[C@H](C)C2)c1C. The van der Waals surface area contributed by atoms with E-state index in [4.69, 9.17) is 4.74 Å². The number of benzene rings is 1. The number of amides is 1. The Morgan fingerprint density at radius 3 is 2.48 bits per heavy atom. The van der Waals surface area contributed by atoms with E-state index < -0.39 is 0 Å². The summed E-state index contributed by atoms with van der Waals surface area (Å²) in [6.07, 6.45) is 0.558. The van der Waals surface area contributed by atoms with E-state index in [1.807, 2.05) is 30.3 Å². The maximum atomic E-state index is 12.6. The average Bonchev–Trinajstić information content (AvgIpc) is 2.82. The second kappa shape index (κ2) is 7.68. The van der Waals surface area contributed by atoms with Crippen LogP contribution in [0.25, 0.3) is 0 Å². The molecular weight excluding hydrogens is 332 g/mol. The van der Waals surface area contributed by atoms with Gasteiger partial charge in [-0.15, -0.1) is 11.3 Å². The standard InChI is InChI=1S/C20H26N2O2S/c1-13-10-22(11-14(2)24-13)12-18-15(3)16(4)25-20(18)21-19(23)17-8-6-5-7-9-17/h5-9,13-14H,10-12H2,1-4H3,(H,21,23)/p+1/t13-,14-/m1/s1. The summed E-state index contributed by atoms with van der Waals surface area (Å²) in [5, 5.41) is 4.12. The quantitative estimate of drug-likeness (QED) is 0.882. The largest absolute Gasteiger partial charge is 0.364 e. The zero-order valence-electron chi connectivity index (χ0n) is 15.4. The second-order valence-corrected chi connectivity index (χ2v) is 8.23. The normalized spacial score (nSPS) is 23.4. The zero-order chi connectivity index (χ0) is 18.0. The van der Waals surface area contributed by atoms with Gasteiger partial charge in [0.25, 0.3) is 5.91 Å². The van der Waals surface area contributed by atoms with Crippen LogP contribution in [0.1, 0.15) is 40.2 Å². The summed E-state index contributed by atoms with van der Waals surface area (Å²) in [7, 11) is 0. The van der Waals surface area contributed by atoms with E-state index in [1.54, 1.807) is 11.3 Å². The van der Waals surface area contributed by atoms with E-state index in [2.05, 4.69) is 33.0 Å². The lowest BCUT2D eigenvalue weighted by Crippen LogP contribution is -3.14. The van der Waals surface area contributed by atoms with Gasteiger partial charge in [-0.1, -0.05) is 18.2 Å². The molecule has 5 heteroatoms. The van der Waals surface area contributed by atoms with Gasteiger partial charge in [-0.3, -0.25) is 4.79 Å².